The number of nitrogen functional groups attached to an aromatic ring is 1. The van der Waals surface area contributed by atoms with Gasteiger partial charge in [0.1, 0.15) is 4.90 Å². The van der Waals surface area contributed by atoms with Crippen molar-refractivity contribution in [2.45, 2.75) is 44.0 Å². The molecule has 0 bridgehead atoms. The van der Waals surface area contributed by atoms with Gasteiger partial charge in [-0.05, 0) is 43.7 Å². The molecule has 0 amide bonds. The summed E-state index contributed by atoms with van der Waals surface area (Å²) < 4.78 is 27.5. The van der Waals surface area contributed by atoms with E-state index in [0.29, 0.717) is 17.2 Å². The zero-order valence-corrected chi connectivity index (χ0v) is 11.6. The fourth-order valence-corrected chi connectivity index (χ4v) is 4.28. The Morgan fingerprint density at radius 2 is 2.06 bits per heavy atom. The summed E-state index contributed by atoms with van der Waals surface area (Å²) in [5, 5.41) is 0. The van der Waals surface area contributed by atoms with Crippen LogP contribution in [0.5, 0.6) is 0 Å². The number of nitrogens with two attached hydrogens (primary N) is 1. The highest BCUT2D eigenvalue weighted by Gasteiger charge is 2.28. The highest BCUT2D eigenvalue weighted by atomic mass is 32.2. The van der Waals surface area contributed by atoms with Crippen LogP contribution in [-0.4, -0.2) is 14.5 Å². The smallest absolute Gasteiger partial charge is 0.243 e. The normalized spacial score (nSPS) is 24.3. The Labute approximate surface area is 109 Å². The number of rotatable bonds is 3. The summed E-state index contributed by atoms with van der Waals surface area (Å²) in [7, 11) is -3.50. The van der Waals surface area contributed by atoms with Crippen LogP contribution in [0.2, 0.25) is 0 Å². The lowest BCUT2D eigenvalue weighted by molar-refractivity contribution is 0.538. The van der Waals surface area contributed by atoms with E-state index in [1.54, 1.807) is 25.1 Å². The Morgan fingerprint density at radius 1 is 1.33 bits per heavy atom. The summed E-state index contributed by atoms with van der Waals surface area (Å²) in [4.78, 5) is 0.226. The summed E-state index contributed by atoms with van der Waals surface area (Å²) >= 11 is 0. The molecule has 0 spiro atoms. The van der Waals surface area contributed by atoms with E-state index in [2.05, 4.69) is 11.6 Å². The highest BCUT2D eigenvalue weighted by molar-refractivity contribution is 7.89. The van der Waals surface area contributed by atoms with Gasteiger partial charge >= 0.3 is 0 Å². The van der Waals surface area contributed by atoms with E-state index >= 15 is 0 Å². The van der Waals surface area contributed by atoms with Gasteiger partial charge in [0.05, 0.1) is 5.69 Å². The Bertz CT molecular complexity index is 520. The molecule has 4 nitrogen and oxygen atoms in total. The lowest BCUT2D eigenvalue weighted by atomic mass is 10.1. The molecule has 0 radical (unpaired) electrons. The van der Waals surface area contributed by atoms with E-state index in [0.717, 1.165) is 19.3 Å². The van der Waals surface area contributed by atoms with Crippen LogP contribution in [0.4, 0.5) is 5.69 Å². The van der Waals surface area contributed by atoms with Crippen LogP contribution in [0.1, 0.15) is 31.7 Å². The SMILES string of the molecule is Cc1cccc(N)c1S(=O)(=O)NC1CCC(C)C1. The van der Waals surface area contributed by atoms with Gasteiger partial charge in [-0.2, -0.15) is 0 Å². The number of aryl methyl sites for hydroxylation is 1. The van der Waals surface area contributed by atoms with Crippen molar-refractivity contribution in [3.05, 3.63) is 23.8 Å². The number of benzene rings is 1. The number of nitrogens with one attached hydrogen (secondary N) is 1. The van der Waals surface area contributed by atoms with Gasteiger partial charge in [0.25, 0.3) is 0 Å². The minimum absolute atomic E-state index is 0.0454. The predicted molar refractivity (Wildman–Crippen MR) is 72.7 cm³/mol. The summed E-state index contributed by atoms with van der Waals surface area (Å²) in [6, 6.07) is 5.20. The first-order valence-corrected chi connectivity index (χ1v) is 7.76. The molecule has 5 heteroatoms. The van der Waals surface area contributed by atoms with Gasteiger partial charge in [-0.1, -0.05) is 19.1 Å². The van der Waals surface area contributed by atoms with Crippen LogP contribution in [0.3, 0.4) is 0 Å². The van der Waals surface area contributed by atoms with Crippen LogP contribution in [-0.2, 0) is 10.0 Å². The monoisotopic (exact) mass is 268 g/mol. The quantitative estimate of drug-likeness (QED) is 0.824. The van der Waals surface area contributed by atoms with Gasteiger partial charge in [-0.15, -0.1) is 0 Å². The van der Waals surface area contributed by atoms with Crippen molar-refractivity contribution in [2.24, 2.45) is 5.92 Å². The Morgan fingerprint density at radius 3 is 2.61 bits per heavy atom. The molecule has 1 fully saturated rings. The van der Waals surface area contributed by atoms with Gasteiger partial charge in [-0.25, -0.2) is 13.1 Å². The molecular weight excluding hydrogens is 248 g/mol. The summed E-state index contributed by atoms with van der Waals surface area (Å²) in [5.41, 5.74) is 6.79. The van der Waals surface area contributed by atoms with Crippen molar-refractivity contribution in [1.82, 2.24) is 4.72 Å². The third-order valence-electron chi connectivity index (χ3n) is 3.53. The maximum Gasteiger partial charge on any atom is 0.243 e. The van der Waals surface area contributed by atoms with Crippen molar-refractivity contribution >= 4 is 15.7 Å². The molecule has 18 heavy (non-hydrogen) atoms. The zero-order chi connectivity index (χ0) is 13.3. The van der Waals surface area contributed by atoms with E-state index in [1.165, 1.54) is 0 Å². The first kappa shape index (κ1) is 13.4. The maximum absolute atomic E-state index is 12.3. The van der Waals surface area contributed by atoms with Crippen molar-refractivity contribution in [3.63, 3.8) is 0 Å². The van der Waals surface area contributed by atoms with Crippen molar-refractivity contribution in [3.8, 4) is 0 Å². The van der Waals surface area contributed by atoms with E-state index in [-0.39, 0.29) is 10.9 Å². The second-order valence-corrected chi connectivity index (χ2v) is 6.88. The minimum Gasteiger partial charge on any atom is -0.398 e. The second-order valence-electron chi connectivity index (χ2n) is 5.23. The molecule has 0 aromatic heterocycles. The van der Waals surface area contributed by atoms with E-state index in [9.17, 15) is 8.42 Å². The molecule has 1 aromatic carbocycles. The zero-order valence-electron chi connectivity index (χ0n) is 10.8. The van der Waals surface area contributed by atoms with Gasteiger partial charge in [0, 0.05) is 6.04 Å². The third-order valence-corrected chi connectivity index (χ3v) is 5.27. The number of sulfonamides is 1. The number of hydrogen-bond donors (Lipinski definition) is 2. The van der Waals surface area contributed by atoms with Crippen molar-refractivity contribution in [2.75, 3.05) is 5.73 Å². The van der Waals surface area contributed by atoms with Crippen LogP contribution in [0.25, 0.3) is 0 Å². The molecule has 100 valence electrons. The fourth-order valence-electron chi connectivity index (χ4n) is 2.63. The molecule has 2 rings (SSSR count). The molecule has 2 unspecified atom stereocenters. The molecule has 3 N–H and O–H groups in total. The molecule has 1 aliphatic carbocycles. The fraction of sp³-hybridized carbons (Fsp3) is 0.538. The molecule has 1 aromatic rings. The first-order valence-electron chi connectivity index (χ1n) is 6.27. The third kappa shape index (κ3) is 2.67. The maximum atomic E-state index is 12.3. The average Bonchev–Trinajstić information content (AvgIpc) is 2.62. The minimum atomic E-state index is -3.50. The largest absolute Gasteiger partial charge is 0.398 e. The van der Waals surface area contributed by atoms with Gasteiger partial charge in [0.15, 0.2) is 0 Å². The van der Waals surface area contributed by atoms with E-state index < -0.39 is 10.0 Å². The van der Waals surface area contributed by atoms with Gasteiger partial charge in [-0.3, -0.25) is 0 Å². The summed E-state index contributed by atoms with van der Waals surface area (Å²) in [6.45, 7) is 3.92. The summed E-state index contributed by atoms with van der Waals surface area (Å²) in [6.07, 6.45) is 2.90. The number of hydrogen-bond acceptors (Lipinski definition) is 3. The molecule has 1 saturated carbocycles. The van der Waals surface area contributed by atoms with Crippen LogP contribution in [0, 0.1) is 12.8 Å². The predicted octanol–water partition coefficient (Wildman–Crippen LogP) is 2.04. The molecular formula is C13H20N2O2S. The van der Waals surface area contributed by atoms with Crippen LogP contribution >= 0.6 is 0 Å². The van der Waals surface area contributed by atoms with Crippen molar-refractivity contribution < 1.29 is 8.42 Å². The topological polar surface area (TPSA) is 72.2 Å². The summed E-state index contributed by atoms with van der Waals surface area (Å²) in [5.74, 6) is 0.590. The Hall–Kier alpha value is -1.07. The molecule has 1 aliphatic rings. The Balaban J connectivity index is 2.26. The van der Waals surface area contributed by atoms with Crippen molar-refractivity contribution in [1.29, 1.82) is 0 Å². The van der Waals surface area contributed by atoms with Gasteiger partial charge in [0.2, 0.25) is 10.0 Å². The second kappa shape index (κ2) is 4.90. The lowest BCUT2D eigenvalue weighted by Crippen LogP contribution is -2.33. The molecule has 0 heterocycles. The van der Waals surface area contributed by atoms with Crippen LogP contribution < -0.4 is 10.5 Å². The average molecular weight is 268 g/mol. The number of anilines is 1. The standard InChI is InChI=1S/C13H20N2O2S/c1-9-6-7-11(8-9)15-18(16,17)13-10(2)4-3-5-12(13)14/h3-5,9,11,15H,6-8,14H2,1-2H3. The molecule has 0 saturated heterocycles. The lowest BCUT2D eigenvalue weighted by Gasteiger charge is -2.15. The molecule has 0 aliphatic heterocycles. The van der Waals surface area contributed by atoms with E-state index in [1.807, 2.05) is 0 Å². The highest BCUT2D eigenvalue weighted by Crippen LogP contribution is 2.28. The Kier molecular flexibility index (Phi) is 3.64. The molecule has 2 atom stereocenters. The van der Waals surface area contributed by atoms with Gasteiger partial charge < -0.3 is 5.73 Å². The first-order chi connectivity index (χ1) is 8.40. The van der Waals surface area contributed by atoms with Crippen LogP contribution in [0.15, 0.2) is 23.1 Å². The van der Waals surface area contributed by atoms with E-state index in [4.69, 9.17) is 5.73 Å².